The zero-order valence-corrected chi connectivity index (χ0v) is 30.4. The van der Waals surface area contributed by atoms with Gasteiger partial charge in [-0.05, 0) is 34.4 Å². The summed E-state index contributed by atoms with van der Waals surface area (Å²) >= 11 is 0. The smallest absolute Gasteiger partial charge is 0.489 e. The number of hydrogen-bond acceptors (Lipinski definition) is 8. The zero-order chi connectivity index (χ0) is 37.7. The number of hydrogen-bond donors (Lipinski definition) is 0. The highest BCUT2D eigenvalue weighted by Crippen LogP contribution is 2.45. The molecular formula is C47H42O8. The van der Waals surface area contributed by atoms with Crippen molar-refractivity contribution in [3.63, 3.8) is 0 Å². The molecule has 0 saturated heterocycles. The molecule has 0 bridgehead atoms. The number of carbonyl (C=O) groups excluding carboxylic acids is 1. The summed E-state index contributed by atoms with van der Waals surface area (Å²) in [7, 11) is 0. The van der Waals surface area contributed by atoms with Crippen LogP contribution in [0.3, 0.4) is 0 Å². The highest BCUT2D eigenvalue weighted by molar-refractivity contribution is 5.61. The predicted octanol–water partition coefficient (Wildman–Crippen LogP) is 10.4. The lowest BCUT2D eigenvalue weighted by Gasteiger charge is -2.34. The second-order valence-corrected chi connectivity index (χ2v) is 12.9. The Morgan fingerprint density at radius 1 is 0.600 bits per heavy atom. The topological polar surface area (TPSA) is 81.7 Å². The first-order chi connectivity index (χ1) is 27.1. The van der Waals surface area contributed by atoms with Gasteiger partial charge in [0.1, 0.15) is 50.3 Å². The minimum Gasteiger partial charge on any atom is -0.489 e. The molecule has 0 saturated carbocycles. The molecule has 8 nitrogen and oxygen atoms in total. The second-order valence-electron chi connectivity index (χ2n) is 12.9. The van der Waals surface area contributed by atoms with Crippen LogP contribution in [0, 0.1) is 0 Å². The Morgan fingerprint density at radius 2 is 1.15 bits per heavy atom. The fourth-order valence-electron chi connectivity index (χ4n) is 6.19. The molecule has 0 unspecified atom stereocenters. The van der Waals surface area contributed by atoms with Crippen molar-refractivity contribution in [3.8, 4) is 28.7 Å². The first-order valence-corrected chi connectivity index (χ1v) is 18.2. The fraction of sp³-hybridized carbons (Fsp3) is 0.170. The summed E-state index contributed by atoms with van der Waals surface area (Å²) in [6.45, 7) is 5.14. The van der Waals surface area contributed by atoms with Gasteiger partial charge in [0.05, 0.1) is 0 Å². The first-order valence-electron chi connectivity index (χ1n) is 18.2. The van der Waals surface area contributed by atoms with E-state index in [0.717, 1.165) is 27.8 Å². The molecule has 6 aromatic carbocycles. The summed E-state index contributed by atoms with van der Waals surface area (Å²) in [5.41, 5.74) is 5.32. The van der Waals surface area contributed by atoms with Gasteiger partial charge in [0, 0.05) is 29.7 Å². The second kappa shape index (κ2) is 18.4. The van der Waals surface area contributed by atoms with E-state index in [0.29, 0.717) is 60.7 Å². The summed E-state index contributed by atoms with van der Waals surface area (Å²) in [6, 6.07) is 48.5. The first kappa shape index (κ1) is 36.7. The molecule has 7 rings (SSSR count). The molecule has 8 heteroatoms. The quantitative estimate of drug-likeness (QED) is 0.0718. The monoisotopic (exact) mass is 734 g/mol. The van der Waals surface area contributed by atoms with Gasteiger partial charge in [-0.25, -0.2) is 4.79 Å². The highest BCUT2D eigenvalue weighted by atomic mass is 16.7. The van der Waals surface area contributed by atoms with E-state index in [1.54, 1.807) is 6.08 Å². The molecule has 1 aliphatic heterocycles. The van der Waals surface area contributed by atoms with Crippen LogP contribution < -0.4 is 23.7 Å². The third kappa shape index (κ3) is 10.1. The van der Waals surface area contributed by atoms with Crippen LogP contribution in [-0.4, -0.2) is 18.9 Å². The molecule has 1 aliphatic rings. The lowest BCUT2D eigenvalue weighted by atomic mass is 9.93. The SMILES string of the molecule is C=CCOc1ccc([C@H]2Oc3cc(OCc4ccccc4)cc(OCc4ccccc4)c3C[C@H]2OC(=O)OCc2ccccc2)cc1OCc1ccccc1. The summed E-state index contributed by atoms with van der Waals surface area (Å²) in [6.07, 6.45) is -0.413. The summed E-state index contributed by atoms with van der Waals surface area (Å²) in [4.78, 5) is 13.3. The third-order valence-corrected chi connectivity index (χ3v) is 8.96. The Bertz CT molecular complexity index is 2140. The molecule has 0 radical (unpaired) electrons. The molecule has 0 fully saturated rings. The Balaban J connectivity index is 1.22. The highest BCUT2D eigenvalue weighted by Gasteiger charge is 2.37. The van der Waals surface area contributed by atoms with Gasteiger partial charge in [-0.2, -0.15) is 0 Å². The number of ether oxygens (including phenoxy) is 7. The Hall–Kier alpha value is -6.67. The maximum absolute atomic E-state index is 13.3. The van der Waals surface area contributed by atoms with Crippen molar-refractivity contribution in [2.24, 2.45) is 0 Å². The van der Waals surface area contributed by atoms with Crippen molar-refractivity contribution in [2.75, 3.05) is 6.61 Å². The van der Waals surface area contributed by atoms with Crippen LogP contribution in [0.15, 0.2) is 164 Å². The van der Waals surface area contributed by atoms with Crippen LogP contribution in [-0.2, 0) is 42.3 Å². The van der Waals surface area contributed by atoms with Gasteiger partial charge in [0.15, 0.2) is 23.7 Å². The van der Waals surface area contributed by atoms with E-state index in [4.69, 9.17) is 33.2 Å². The van der Waals surface area contributed by atoms with E-state index < -0.39 is 18.4 Å². The molecule has 55 heavy (non-hydrogen) atoms. The van der Waals surface area contributed by atoms with Crippen LogP contribution in [0.1, 0.15) is 39.5 Å². The van der Waals surface area contributed by atoms with Crippen LogP contribution >= 0.6 is 0 Å². The van der Waals surface area contributed by atoms with Crippen molar-refractivity contribution in [1.82, 2.24) is 0 Å². The molecule has 0 amide bonds. The summed E-state index contributed by atoms with van der Waals surface area (Å²) in [5, 5.41) is 0. The van der Waals surface area contributed by atoms with Gasteiger partial charge in [-0.1, -0.05) is 140 Å². The maximum Gasteiger partial charge on any atom is 0.509 e. The number of fused-ring (bicyclic) bond motifs is 1. The number of carbonyl (C=O) groups is 1. The number of rotatable bonds is 16. The predicted molar refractivity (Wildman–Crippen MR) is 209 cm³/mol. The van der Waals surface area contributed by atoms with Gasteiger partial charge >= 0.3 is 6.16 Å². The molecule has 2 atom stereocenters. The molecule has 0 aromatic heterocycles. The van der Waals surface area contributed by atoms with E-state index in [1.807, 2.05) is 152 Å². The van der Waals surface area contributed by atoms with Crippen molar-refractivity contribution in [1.29, 1.82) is 0 Å². The number of benzene rings is 6. The standard InChI is InChI=1S/C47H42O8/c1-2-25-49-41-24-23-38(26-44(41)52-32-36-19-11-5-12-20-36)46-45(55-47(48)53-33-37-21-13-6-14-22-37)29-40-42(51-31-35-17-9-4-10-18-35)27-39(28-43(40)54-46)50-30-34-15-7-3-8-16-34/h2-24,26-28,45-46H,1,25,29-33H2/t45-,46-/m1/s1. The Morgan fingerprint density at radius 3 is 1.73 bits per heavy atom. The largest absolute Gasteiger partial charge is 0.509 e. The van der Waals surface area contributed by atoms with Gasteiger partial charge in [-0.3, -0.25) is 0 Å². The molecule has 278 valence electrons. The lowest BCUT2D eigenvalue weighted by Crippen LogP contribution is -2.35. The van der Waals surface area contributed by atoms with Gasteiger partial charge < -0.3 is 33.2 Å². The lowest BCUT2D eigenvalue weighted by molar-refractivity contribution is -0.0349. The van der Waals surface area contributed by atoms with Crippen molar-refractivity contribution >= 4 is 6.16 Å². The van der Waals surface area contributed by atoms with Crippen molar-refractivity contribution < 1.29 is 38.0 Å². The average Bonchev–Trinajstić information content (AvgIpc) is 3.24. The molecule has 0 spiro atoms. The normalized spacial score (nSPS) is 14.4. The Kier molecular flexibility index (Phi) is 12.3. The van der Waals surface area contributed by atoms with Crippen LogP contribution in [0.5, 0.6) is 28.7 Å². The third-order valence-electron chi connectivity index (χ3n) is 8.96. The zero-order valence-electron chi connectivity index (χ0n) is 30.4. The van der Waals surface area contributed by atoms with E-state index in [2.05, 4.69) is 6.58 Å². The minimum absolute atomic E-state index is 0.0644. The van der Waals surface area contributed by atoms with Gasteiger partial charge in [-0.15, -0.1) is 0 Å². The average molecular weight is 735 g/mol. The molecule has 6 aromatic rings. The molecule has 0 aliphatic carbocycles. The summed E-state index contributed by atoms with van der Waals surface area (Å²) < 4.78 is 43.5. The van der Waals surface area contributed by atoms with Crippen molar-refractivity contribution in [2.45, 2.75) is 45.1 Å². The van der Waals surface area contributed by atoms with E-state index in [9.17, 15) is 4.79 Å². The van der Waals surface area contributed by atoms with E-state index in [-0.39, 0.29) is 13.0 Å². The minimum atomic E-state index is -0.813. The van der Waals surface area contributed by atoms with Gasteiger partial charge in [0.25, 0.3) is 0 Å². The molecule has 0 N–H and O–H groups in total. The Labute approximate surface area is 321 Å². The molecular weight excluding hydrogens is 693 g/mol. The van der Waals surface area contributed by atoms with E-state index in [1.165, 1.54) is 0 Å². The van der Waals surface area contributed by atoms with Crippen LogP contribution in [0.2, 0.25) is 0 Å². The summed E-state index contributed by atoms with van der Waals surface area (Å²) in [5.74, 6) is 2.74. The molecule has 1 heterocycles. The van der Waals surface area contributed by atoms with E-state index >= 15 is 0 Å². The maximum atomic E-state index is 13.3. The van der Waals surface area contributed by atoms with Crippen LogP contribution in [0.4, 0.5) is 4.79 Å². The fourth-order valence-corrected chi connectivity index (χ4v) is 6.19. The van der Waals surface area contributed by atoms with Crippen LogP contribution in [0.25, 0.3) is 0 Å². The van der Waals surface area contributed by atoms with Gasteiger partial charge in [0.2, 0.25) is 0 Å². The van der Waals surface area contributed by atoms with Crippen molar-refractivity contribution in [3.05, 3.63) is 198 Å².